The van der Waals surface area contributed by atoms with Crippen LogP contribution in [0.2, 0.25) is 0 Å². The molecule has 2 aliphatic rings. The number of fused-ring (bicyclic) bond motifs is 2. The fraction of sp³-hybridized carbons (Fsp3) is 0.393. The van der Waals surface area contributed by atoms with Gasteiger partial charge in [-0.25, -0.2) is 5.10 Å². The molecule has 0 spiro atoms. The molecule has 1 aromatic heterocycles. The number of carbonyl (C=O) groups is 1. The van der Waals surface area contributed by atoms with E-state index in [2.05, 4.69) is 56.4 Å². The highest BCUT2D eigenvalue weighted by atomic mass is 16.2. The topological polar surface area (TPSA) is 69.3 Å². The van der Waals surface area contributed by atoms with Crippen molar-refractivity contribution in [1.82, 2.24) is 20.0 Å². The van der Waals surface area contributed by atoms with Gasteiger partial charge < -0.3 is 4.90 Å². The van der Waals surface area contributed by atoms with E-state index in [9.17, 15) is 9.59 Å². The Morgan fingerprint density at radius 2 is 1.85 bits per heavy atom. The number of amides is 1. The van der Waals surface area contributed by atoms with Crippen LogP contribution < -0.4 is 5.56 Å². The molecule has 0 bridgehead atoms. The Morgan fingerprint density at radius 3 is 2.68 bits per heavy atom. The number of nitrogens with zero attached hydrogens (tertiary/aromatic N) is 3. The first kappa shape index (κ1) is 22.5. The summed E-state index contributed by atoms with van der Waals surface area (Å²) in [5.74, 6) is 0.230. The van der Waals surface area contributed by atoms with E-state index in [4.69, 9.17) is 0 Å². The van der Waals surface area contributed by atoms with E-state index < -0.39 is 5.92 Å². The number of benzene rings is 2. The molecule has 176 valence electrons. The molecular formula is C28H32N4O2. The summed E-state index contributed by atoms with van der Waals surface area (Å²) < 4.78 is 0. The third-order valence-corrected chi connectivity index (χ3v) is 7.41. The highest BCUT2D eigenvalue weighted by Gasteiger charge is 2.39. The third kappa shape index (κ3) is 4.55. The van der Waals surface area contributed by atoms with Gasteiger partial charge in [-0.05, 0) is 43.7 Å². The van der Waals surface area contributed by atoms with Crippen LogP contribution in [0.25, 0.3) is 16.8 Å². The van der Waals surface area contributed by atoms with Crippen LogP contribution in [0.4, 0.5) is 0 Å². The van der Waals surface area contributed by atoms with E-state index >= 15 is 0 Å². The standard InChI is InChI=1S/C28H32N4O2/c1-20(26-23-13-5-6-14-24(23)27(33)30-29-26)28(34)32-17-8-12-22-19-31(18-15-25(22)32)16-7-11-21-9-3-2-4-10-21/h2-7,9-11,13-14,20,22,25H,8,12,15-19H2,1H3,(H,30,33)/t20?,22-,25-/m1/s1. The average Bonchev–Trinajstić information content (AvgIpc) is 2.88. The number of nitrogens with one attached hydrogen (secondary N) is 1. The number of aromatic nitrogens is 2. The molecule has 1 N–H and O–H groups in total. The van der Waals surface area contributed by atoms with E-state index in [1.54, 1.807) is 6.07 Å². The lowest BCUT2D eigenvalue weighted by Gasteiger charge is -2.47. The molecule has 5 rings (SSSR count). The molecule has 0 radical (unpaired) electrons. The van der Waals surface area contributed by atoms with Crippen molar-refractivity contribution in [2.75, 3.05) is 26.2 Å². The van der Waals surface area contributed by atoms with Crippen LogP contribution in [0, 0.1) is 5.92 Å². The van der Waals surface area contributed by atoms with Gasteiger partial charge in [0.1, 0.15) is 0 Å². The Balaban J connectivity index is 1.27. The van der Waals surface area contributed by atoms with Crippen LogP contribution in [-0.4, -0.2) is 58.1 Å². The van der Waals surface area contributed by atoms with Crippen molar-refractivity contribution < 1.29 is 4.79 Å². The predicted octanol–water partition coefficient (Wildman–Crippen LogP) is 4.05. The van der Waals surface area contributed by atoms with Crippen LogP contribution in [0.1, 0.15) is 43.4 Å². The fourth-order valence-corrected chi connectivity index (χ4v) is 5.65. The number of rotatable bonds is 5. The fourth-order valence-electron chi connectivity index (χ4n) is 5.65. The van der Waals surface area contributed by atoms with Crippen molar-refractivity contribution in [3.63, 3.8) is 0 Å². The second-order valence-corrected chi connectivity index (χ2v) is 9.57. The molecule has 1 amide bonds. The maximum atomic E-state index is 13.7. The molecule has 0 saturated carbocycles. The van der Waals surface area contributed by atoms with E-state index in [0.29, 0.717) is 17.0 Å². The second kappa shape index (κ2) is 9.94. The predicted molar refractivity (Wildman–Crippen MR) is 136 cm³/mol. The lowest BCUT2D eigenvalue weighted by molar-refractivity contribution is -0.139. The van der Waals surface area contributed by atoms with Crippen molar-refractivity contribution in [2.45, 2.75) is 38.1 Å². The second-order valence-electron chi connectivity index (χ2n) is 9.57. The molecular weight excluding hydrogens is 424 g/mol. The SMILES string of the molecule is CC(C(=O)N1CCC[C@@H]2CN(CC=Cc3ccccc3)CC[C@H]21)c1n[nH]c(=O)c2ccccc12. The van der Waals surface area contributed by atoms with Crippen molar-refractivity contribution in [3.05, 3.63) is 82.3 Å². The van der Waals surface area contributed by atoms with E-state index in [1.165, 1.54) is 12.0 Å². The zero-order valence-electron chi connectivity index (χ0n) is 19.7. The summed E-state index contributed by atoms with van der Waals surface area (Å²) >= 11 is 0. The molecule has 6 nitrogen and oxygen atoms in total. The minimum atomic E-state index is -0.396. The van der Waals surface area contributed by atoms with E-state index in [0.717, 1.165) is 44.4 Å². The Kier molecular flexibility index (Phi) is 6.59. The lowest BCUT2D eigenvalue weighted by atomic mass is 9.83. The van der Waals surface area contributed by atoms with Gasteiger partial charge >= 0.3 is 0 Å². The first-order valence-corrected chi connectivity index (χ1v) is 12.3. The van der Waals surface area contributed by atoms with Crippen LogP contribution in [0.5, 0.6) is 0 Å². The summed E-state index contributed by atoms with van der Waals surface area (Å²) in [6, 6.07) is 18.1. The number of likely N-dealkylation sites (tertiary alicyclic amines) is 2. The van der Waals surface area contributed by atoms with Gasteiger partial charge in [-0.2, -0.15) is 5.10 Å². The lowest BCUT2D eigenvalue weighted by Crippen LogP contribution is -2.56. The number of aromatic amines is 1. The Morgan fingerprint density at radius 1 is 1.09 bits per heavy atom. The van der Waals surface area contributed by atoms with Gasteiger partial charge in [0.25, 0.3) is 5.56 Å². The number of hydrogen-bond acceptors (Lipinski definition) is 4. The molecule has 34 heavy (non-hydrogen) atoms. The summed E-state index contributed by atoms with van der Waals surface area (Å²) in [5, 5.41) is 8.23. The first-order chi connectivity index (χ1) is 16.6. The molecule has 2 fully saturated rings. The minimum Gasteiger partial charge on any atom is -0.339 e. The van der Waals surface area contributed by atoms with Crippen molar-refractivity contribution in [1.29, 1.82) is 0 Å². The van der Waals surface area contributed by atoms with Crippen molar-refractivity contribution >= 4 is 22.8 Å². The quantitative estimate of drug-likeness (QED) is 0.629. The summed E-state index contributed by atoms with van der Waals surface area (Å²) in [7, 11) is 0. The van der Waals surface area contributed by atoms with Gasteiger partial charge in [-0.3, -0.25) is 14.5 Å². The number of piperidine rings is 2. The van der Waals surface area contributed by atoms with Crippen LogP contribution >= 0.6 is 0 Å². The van der Waals surface area contributed by atoms with Crippen LogP contribution in [0.15, 0.2) is 65.5 Å². The molecule has 0 aliphatic carbocycles. The van der Waals surface area contributed by atoms with Gasteiger partial charge in [-0.15, -0.1) is 0 Å². The highest BCUT2D eigenvalue weighted by molar-refractivity contribution is 5.91. The van der Waals surface area contributed by atoms with Crippen LogP contribution in [0.3, 0.4) is 0 Å². The Labute approximate surface area is 200 Å². The van der Waals surface area contributed by atoms with Crippen LogP contribution in [-0.2, 0) is 4.79 Å². The van der Waals surface area contributed by atoms with Gasteiger partial charge in [0.05, 0.1) is 17.0 Å². The van der Waals surface area contributed by atoms with Crippen molar-refractivity contribution in [3.8, 4) is 0 Å². The largest absolute Gasteiger partial charge is 0.339 e. The number of carbonyl (C=O) groups excluding carboxylic acids is 1. The number of H-pyrrole nitrogens is 1. The molecule has 2 aromatic carbocycles. The van der Waals surface area contributed by atoms with Gasteiger partial charge in [-0.1, -0.05) is 60.7 Å². The third-order valence-electron chi connectivity index (χ3n) is 7.41. The van der Waals surface area contributed by atoms with E-state index in [1.807, 2.05) is 31.2 Å². The summed E-state index contributed by atoms with van der Waals surface area (Å²) in [6.07, 6.45) is 7.64. The molecule has 1 unspecified atom stereocenters. The smallest absolute Gasteiger partial charge is 0.272 e. The molecule has 6 heteroatoms. The Bertz CT molecular complexity index is 1240. The summed E-state index contributed by atoms with van der Waals surface area (Å²) in [5.41, 5.74) is 1.67. The van der Waals surface area contributed by atoms with Gasteiger partial charge in [0.15, 0.2) is 0 Å². The molecule has 2 saturated heterocycles. The van der Waals surface area contributed by atoms with Gasteiger partial charge in [0.2, 0.25) is 5.91 Å². The Hall–Kier alpha value is -3.25. The monoisotopic (exact) mass is 456 g/mol. The maximum Gasteiger partial charge on any atom is 0.272 e. The van der Waals surface area contributed by atoms with Crippen molar-refractivity contribution in [2.24, 2.45) is 5.92 Å². The van der Waals surface area contributed by atoms with Gasteiger partial charge in [0, 0.05) is 37.6 Å². The van der Waals surface area contributed by atoms with E-state index in [-0.39, 0.29) is 17.5 Å². The molecule has 2 aliphatic heterocycles. The molecule has 3 aromatic rings. The zero-order chi connectivity index (χ0) is 23.5. The highest BCUT2D eigenvalue weighted by Crippen LogP contribution is 2.33. The summed E-state index contributed by atoms with van der Waals surface area (Å²) in [6.45, 7) is 5.69. The maximum absolute atomic E-state index is 13.7. The average molecular weight is 457 g/mol. The number of hydrogen-bond donors (Lipinski definition) is 1. The zero-order valence-corrected chi connectivity index (χ0v) is 19.7. The minimum absolute atomic E-state index is 0.122. The molecule has 3 atom stereocenters. The summed E-state index contributed by atoms with van der Waals surface area (Å²) in [4.78, 5) is 30.5. The normalized spacial score (nSPS) is 22.1. The molecule has 3 heterocycles. The first-order valence-electron chi connectivity index (χ1n) is 12.3.